The van der Waals surface area contributed by atoms with Crippen LogP contribution >= 0.6 is 15.9 Å². The van der Waals surface area contributed by atoms with Crippen molar-refractivity contribution in [3.63, 3.8) is 0 Å². The fraction of sp³-hybridized carbons (Fsp3) is 0.800. The molecule has 62 valence electrons. The lowest BCUT2D eigenvalue weighted by Crippen LogP contribution is -2.34. The summed E-state index contributed by atoms with van der Waals surface area (Å²) in [5.74, 6) is 1.02. The Kier molecular flexibility index (Phi) is 2.09. The lowest BCUT2D eigenvalue weighted by Gasteiger charge is -2.42. The van der Waals surface area contributed by atoms with E-state index in [1.54, 1.807) is 0 Å². The van der Waals surface area contributed by atoms with Crippen molar-refractivity contribution in [2.45, 2.75) is 32.1 Å². The Labute approximate surface area is 77.2 Å². The van der Waals surface area contributed by atoms with E-state index in [0.717, 1.165) is 5.92 Å². The molecular weight excluding hydrogens is 200 g/mol. The summed E-state index contributed by atoms with van der Waals surface area (Å²) in [4.78, 5) is 0. The fourth-order valence-corrected chi connectivity index (χ4v) is 3.21. The van der Waals surface area contributed by atoms with Crippen molar-refractivity contribution in [1.29, 1.82) is 0 Å². The molecule has 1 heteroatoms. The average molecular weight is 215 g/mol. The molecule has 2 rings (SSSR count). The Morgan fingerprint density at radius 1 is 1.27 bits per heavy atom. The zero-order valence-electron chi connectivity index (χ0n) is 6.85. The second-order valence-corrected chi connectivity index (χ2v) is 4.56. The first kappa shape index (κ1) is 7.85. The van der Waals surface area contributed by atoms with Crippen molar-refractivity contribution >= 4 is 15.9 Å². The van der Waals surface area contributed by atoms with Gasteiger partial charge in [-0.2, -0.15) is 0 Å². The zero-order valence-corrected chi connectivity index (χ0v) is 8.44. The lowest BCUT2D eigenvalue weighted by atomic mass is 9.65. The highest BCUT2D eigenvalue weighted by Gasteiger charge is 2.40. The third kappa shape index (κ3) is 1.18. The number of hydrogen-bond donors (Lipinski definition) is 0. The third-order valence-corrected chi connectivity index (χ3v) is 4.57. The van der Waals surface area contributed by atoms with Crippen LogP contribution < -0.4 is 0 Å². The number of alkyl halides is 1. The highest BCUT2D eigenvalue weighted by Crippen LogP contribution is 2.50. The number of halogens is 1. The topological polar surface area (TPSA) is 0 Å². The van der Waals surface area contributed by atoms with Crippen LogP contribution in [0.2, 0.25) is 0 Å². The van der Waals surface area contributed by atoms with Gasteiger partial charge in [-0.25, -0.2) is 0 Å². The molecule has 0 nitrogen and oxygen atoms in total. The van der Waals surface area contributed by atoms with Crippen molar-refractivity contribution in [2.75, 3.05) is 5.33 Å². The van der Waals surface area contributed by atoms with E-state index in [1.807, 2.05) is 0 Å². The molecule has 2 aliphatic rings. The molecule has 0 N–H and O–H groups in total. The van der Waals surface area contributed by atoms with E-state index in [0.29, 0.717) is 5.41 Å². The molecule has 0 heterocycles. The Balaban J connectivity index is 2.04. The van der Waals surface area contributed by atoms with Gasteiger partial charge in [0, 0.05) is 5.33 Å². The van der Waals surface area contributed by atoms with Crippen LogP contribution in [-0.4, -0.2) is 5.33 Å². The SMILES string of the molecule is BrCC1(C2CCC2)CC=CC1. The van der Waals surface area contributed by atoms with E-state index in [1.165, 1.54) is 37.4 Å². The summed E-state index contributed by atoms with van der Waals surface area (Å²) in [6.45, 7) is 0. The van der Waals surface area contributed by atoms with Crippen LogP contribution in [0.1, 0.15) is 32.1 Å². The first-order valence-corrected chi connectivity index (χ1v) is 5.70. The predicted octanol–water partition coefficient (Wildman–Crippen LogP) is 3.52. The summed E-state index contributed by atoms with van der Waals surface area (Å²) in [7, 11) is 0. The van der Waals surface area contributed by atoms with Gasteiger partial charge in [0.25, 0.3) is 0 Å². The minimum atomic E-state index is 0.637. The summed E-state index contributed by atoms with van der Waals surface area (Å²) < 4.78 is 0. The molecule has 0 amide bonds. The number of rotatable bonds is 2. The van der Waals surface area contributed by atoms with Gasteiger partial charge in [-0.3, -0.25) is 0 Å². The van der Waals surface area contributed by atoms with E-state index >= 15 is 0 Å². The van der Waals surface area contributed by atoms with E-state index in [4.69, 9.17) is 0 Å². The second-order valence-electron chi connectivity index (χ2n) is 4.00. The smallest absolute Gasteiger partial charge is 0.00965 e. The van der Waals surface area contributed by atoms with Gasteiger partial charge in [0.05, 0.1) is 0 Å². The van der Waals surface area contributed by atoms with Gasteiger partial charge in [0.1, 0.15) is 0 Å². The van der Waals surface area contributed by atoms with Crippen molar-refractivity contribution in [3.05, 3.63) is 12.2 Å². The maximum absolute atomic E-state index is 3.67. The van der Waals surface area contributed by atoms with Gasteiger partial charge in [0.2, 0.25) is 0 Å². The van der Waals surface area contributed by atoms with E-state index in [2.05, 4.69) is 28.1 Å². The van der Waals surface area contributed by atoms with Gasteiger partial charge < -0.3 is 0 Å². The minimum absolute atomic E-state index is 0.637. The molecule has 0 unspecified atom stereocenters. The van der Waals surface area contributed by atoms with Crippen molar-refractivity contribution < 1.29 is 0 Å². The maximum Gasteiger partial charge on any atom is 0.00965 e. The molecule has 11 heavy (non-hydrogen) atoms. The Morgan fingerprint density at radius 3 is 2.27 bits per heavy atom. The van der Waals surface area contributed by atoms with Crippen molar-refractivity contribution in [3.8, 4) is 0 Å². The molecule has 2 aliphatic carbocycles. The summed E-state index contributed by atoms with van der Waals surface area (Å²) in [6, 6.07) is 0. The zero-order chi connectivity index (χ0) is 7.73. The van der Waals surface area contributed by atoms with Crippen LogP contribution in [0.15, 0.2) is 12.2 Å². The van der Waals surface area contributed by atoms with Crippen molar-refractivity contribution in [2.24, 2.45) is 11.3 Å². The highest BCUT2D eigenvalue weighted by molar-refractivity contribution is 9.09. The van der Waals surface area contributed by atoms with E-state index in [-0.39, 0.29) is 0 Å². The van der Waals surface area contributed by atoms with Gasteiger partial charge in [0.15, 0.2) is 0 Å². The second kappa shape index (κ2) is 2.93. The molecule has 0 aromatic carbocycles. The quantitative estimate of drug-likeness (QED) is 0.488. The molecule has 0 bridgehead atoms. The standard InChI is InChI=1S/C10H15Br/c11-8-10(6-1-2-7-10)9-4-3-5-9/h1-2,9H,3-8H2. The lowest BCUT2D eigenvalue weighted by molar-refractivity contribution is 0.121. The third-order valence-electron chi connectivity index (χ3n) is 3.45. The summed E-state index contributed by atoms with van der Waals surface area (Å²) >= 11 is 3.67. The monoisotopic (exact) mass is 214 g/mol. The molecule has 0 atom stereocenters. The van der Waals surface area contributed by atoms with Gasteiger partial charge >= 0.3 is 0 Å². The fourth-order valence-electron chi connectivity index (χ4n) is 2.29. The van der Waals surface area contributed by atoms with Crippen LogP contribution in [-0.2, 0) is 0 Å². The number of allylic oxidation sites excluding steroid dienone is 2. The summed E-state index contributed by atoms with van der Waals surface area (Å²) in [5, 5.41) is 1.21. The van der Waals surface area contributed by atoms with Crippen LogP contribution in [0.4, 0.5) is 0 Å². The first-order valence-electron chi connectivity index (χ1n) is 4.58. The van der Waals surface area contributed by atoms with Crippen molar-refractivity contribution in [1.82, 2.24) is 0 Å². The molecule has 0 spiro atoms. The van der Waals surface area contributed by atoms with Crippen LogP contribution in [0.25, 0.3) is 0 Å². The average Bonchev–Trinajstić information content (AvgIpc) is 2.34. The molecular formula is C10H15Br. The van der Waals surface area contributed by atoms with Gasteiger partial charge in [-0.1, -0.05) is 34.5 Å². The van der Waals surface area contributed by atoms with Crippen LogP contribution in [0.5, 0.6) is 0 Å². The molecule has 1 saturated carbocycles. The minimum Gasteiger partial charge on any atom is -0.0922 e. The molecule has 0 saturated heterocycles. The normalized spacial score (nSPS) is 28.8. The largest absolute Gasteiger partial charge is 0.0922 e. The molecule has 0 radical (unpaired) electrons. The Bertz CT molecular complexity index is 160. The van der Waals surface area contributed by atoms with Crippen LogP contribution in [0, 0.1) is 11.3 Å². The summed E-state index contributed by atoms with van der Waals surface area (Å²) in [6.07, 6.45) is 11.8. The van der Waals surface area contributed by atoms with E-state index < -0.39 is 0 Å². The van der Waals surface area contributed by atoms with Gasteiger partial charge in [-0.15, -0.1) is 0 Å². The number of hydrogen-bond acceptors (Lipinski definition) is 0. The Morgan fingerprint density at radius 2 is 1.91 bits per heavy atom. The maximum atomic E-state index is 3.67. The van der Waals surface area contributed by atoms with E-state index in [9.17, 15) is 0 Å². The van der Waals surface area contributed by atoms with Crippen LogP contribution in [0.3, 0.4) is 0 Å². The predicted molar refractivity (Wildman–Crippen MR) is 51.9 cm³/mol. The molecule has 1 fully saturated rings. The molecule has 0 aromatic heterocycles. The Hall–Kier alpha value is 0.220. The summed E-state index contributed by atoms with van der Waals surface area (Å²) in [5.41, 5.74) is 0.637. The first-order chi connectivity index (χ1) is 5.37. The van der Waals surface area contributed by atoms with Gasteiger partial charge in [-0.05, 0) is 37.0 Å². The molecule has 0 aromatic rings. The molecule has 0 aliphatic heterocycles. The highest BCUT2D eigenvalue weighted by atomic mass is 79.9.